The normalized spacial score (nSPS) is 10.6. The molecule has 0 heterocycles. The summed E-state index contributed by atoms with van der Waals surface area (Å²) in [5.74, 6) is -0.0348. The summed E-state index contributed by atoms with van der Waals surface area (Å²) in [5.41, 5.74) is 6.84. The number of carbonyl (C=O) groups excluding carboxylic acids is 1. The summed E-state index contributed by atoms with van der Waals surface area (Å²) in [4.78, 5) is 11.3. The van der Waals surface area contributed by atoms with E-state index in [0.29, 0.717) is 17.8 Å². The number of phenolic OH excluding ortho intramolecular Hbond substituents is 1. The summed E-state index contributed by atoms with van der Waals surface area (Å²) in [5, 5.41) is 12.0. The molecule has 0 unspecified atom stereocenters. The number of nitrogen functional groups attached to an aromatic ring is 1. The lowest BCUT2D eigenvalue weighted by atomic mass is 10.1. The maximum absolute atomic E-state index is 11.3. The van der Waals surface area contributed by atoms with Crippen LogP contribution >= 0.6 is 0 Å². The van der Waals surface area contributed by atoms with Gasteiger partial charge in [0, 0.05) is 23.9 Å². The molecule has 0 radical (unpaired) electrons. The zero-order chi connectivity index (χ0) is 12.0. The topological polar surface area (TPSA) is 75.3 Å². The smallest absolute Gasteiger partial charge is 0.244 e. The second-order valence-corrected chi connectivity index (χ2v) is 3.44. The fourth-order valence-corrected chi connectivity index (χ4v) is 1.18. The van der Waals surface area contributed by atoms with E-state index in [9.17, 15) is 9.90 Å². The predicted molar refractivity (Wildman–Crippen MR) is 64.9 cm³/mol. The maximum Gasteiger partial charge on any atom is 0.244 e. The van der Waals surface area contributed by atoms with Crippen molar-refractivity contribution in [3.63, 3.8) is 0 Å². The Morgan fingerprint density at radius 1 is 1.56 bits per heavy atom. The SMILES string of the molecule is CCCNC(=O)C=Cc1cc(O)ccc1N. The average Bonchev–Trinajstić information content (AvgIpc) is 2.27. The van der Waals surface area contributed by atoms with Gasteiger partial charge in [0.1, 0.15) is 5.75 Å². The number of nitrogens with one attached hydrogen (secondary N) is 1. The van der Waals surface area contributed by atoms with Crippen molar-refractivity contribution in [3.8, 4) is 5.75 Å². The molecule has 0 aromatic heterocycles. The number of rotatable bonds is 4. The first-order valence-electron chi connectivity index (χ1n) is 5.18. The first kappa shape index (κ1) is 12.1. The van der Waals surface area contributed by atoms with Gasteiger partial charge in [-0.2, -0.15) is 0 Å². The first-order valence-corrected chi connectivity index (χ1v) is 5.18. The van der Waals surface area contributed by atoms with Crippen LogP contribution in [0.2, 0.25) is 0 Å². The van der Waals surface area contributed by atoms with Gasteiger partial charge in [0.25, 0.3) is 0 Å². The molecule has 0 saturated heterocycles. The summed E-state index contributed by atoms with van der Waals surface area (Å²) in [6, 6.07) is 4.61. The van der Waals surface area contributed by atoms with Gasteiger partial charge in [0.2, 0.25) is 5.91 Å². The molecule has 4 N–H and O–H groups in total. The Labute approximate surface area is 94.8 Å². The number of phenols is 1. The Kier molecular flexibility index (Phi) is 4.39. The van der Waals surface area contributed by atoms with E-state index in [2.05, 4.69) is 5.32 Å². The number of amides is 1. The van der Waals surface area contributed by atoms with Gasteiger partial charge < -0.3 is 16.2 Å². The van der Waals surface area contributed by atoms with Crippen LogP contribution in [0.15, 0.2) is 24.3 Å². The standard InChI is InChI=1S/C12H16N2O2/c1-2-7-14-12(16)6-3-9-8-10(15)4-5-11(9)13/h3-6,8,15H,2,7,13H2,1H3,(H,14,16). The summed E-state index contributed by atoms with van der Waals surface area (Å²) >= 11 is 0. The van der Waals surface area contributed by atoms with Crippen LogP contribution in [0.25, 0.3) is 6.08 Å². The van der Waals surface area contributed by atoms with E-state index in [4.69, 9.17) is 5.73 Å². The summed E-state index contributed by atoms with van der Waals surface area (Å²) in [6.45, 7) is 2.63. The molecule has 1 aromatic carbocycles. The molecule has 0 aliphatic carbocycles. The second kappa shape index (κ2) is 5.80. The van der Waals surface area contributed by atoms with E-state index in [1.54, 1.807) is 12.1 Å². The van der Waals surface area contributed by atoms with Crippen LogP contribution in [0.3, 0.4) is 0 Å². The maximum atomic E-state index is 11.3. The van der Waals surface area contributed by atoms with Crippen LogP contribution in [0.4, 0.5) is 5.69 Å². The van der Waals surface area contributed by atoms with Gasteiger partial charge in [0.15, 0.2) is 0 Å². The van der Waals surface area contributed by atoms with Crippen LogP contribution in [0.1, 0.15) is 18.9 Å². The Balaban J connectivity index is 2.68. The quantitative estimate of drug-likeness (QED) is 0.409. The molecule has 16 heavy (non-hydrogen) atoms. The Hall–Kier alpha value is -1.97. The van der Waals surface area contributed by atoms with Gasteiger partial charge in [-0.25, -0.2) is 0 Å². The minimum atomic E-state index is -0.162. The largest absolute Gasteiger partial charge is 0.508 e. The van der Waals surface area contributed by atoms with Gasteiger partial charge in [-0.1, -0.05) is 6.92 Å². The third kappa shape index (κ3) is 3.65. The minimum absolute atomic E-state index is 0.128. The third-order valence-corrected chi connectivity index (χ3v) is 2.03. The number of carbonyl (C=O) groups is 1. The molecule has 0 aliphatic rings. The van der Waals surface area contributed by atoms with Crippen LogP contribution in [-0.4, -0.2) is 17.6 Å². The summed E-state index contributed by atoms with van der Waals surface area (Å²) in [6.07, 6.45) is 3.88. The molecule has 1 amide bonds. The molecule has 0 spiro atoms. The number of nitrogens with two attached hydrogens (primary N) is 1. The van der Waals surface area contributed by atoms with Crippen LogP contribution in [0, 0.1) is 0 Å². The molecule has 4 heteroatoms. The minimum Gasteiger partial charge on any atom is -0.508 e. The van der Waals surface area contributed by atoms with Crippen LogP contribution in [0.5, 0.6) is 5.75 Å². The second-order valence-electron chi connectivity index (χ2n) is 3.44. The van der Waals surface area contributed by atoms with Gasteiger partial charge in [-0.3, -0.25) is 4.79 Å². The highest BCUT2D eigenvalue weighted by molar-refractivity contribution is 5.92. The summed E-state index contributed by atoms with van der Waals surface area (Å²) in [7, 11) is 0. The Morgan fingerprint density at radius 2 is 2.31 bits per heavy atom. The number of benzene rings is 1. The van der Waals surface area contributed by atoms with Crippen molar-refractivity contribution in [3.05, 3.63) is 29.8 Å². The number of anilines is 1. The van der Waals surface area contributed by atoms with Crippen molar-refractivity contribution < 1.29 is 9.90 Å². The van der Waals surface area contributed by atoms with E-state index in [1.165, 1.54) is 18.2 Å². The van der Waals surface area contributed by atoms with Crippen molar-refractivity contribution >= 4 is 17.7 Å². The predicted octanol–water partition coefficient (Wildman–Crippen LogP) is 1.51. The van der Waals surface area contributed by atoms with E-state index < -0.39 is 0 Å². The van der Waals surface area contributed by atoms with Gasteiger partial charge in [0.05, 0.1) is 0 Å². The van der Waals surface area contributed by atoms with Gasteiger partial charge in [-0.15, -0.1) is 0 Å². The number of aromatic hydroxyl groups is 1. The molecule has 86 valence electrons. The first-order chi connectivity index (χ1) is 7.63. The van der Waals surface area contributed by atoms with Crippen molar-refractivity contribution in [1.82, 2.24) is 5.32 Å². The van der Waals surface area contributed by atoms with E-state index >= 15 is 0 Å². The summed E-state index contributed by atoms with van der Waals surface area (Å²) < 4.78 is 0. The molecular weight excluding hydrogens is 204 g/mol. The lowest BCUT2D eigenvalue weighted by Crippen LogP contribution is -2.21. The van der Waals surface area contributed by atoms with Crippen LogP contribution < -0.4 is 11.1 Å². The van der Waals surface area contributed by atoms with Gasteiger partial charge >= 0.3 is 0 Å². The van der Waals surface area contributed by atoms with Crippen molar-refractivity contribution in [1.29, 1.82) is 0 Å². The van der Waals surface area contributed by atoms with E-state index in [1.807, 2.05) is 6.92 Å². The molecule has 1 rings (SSSR count). The highest BCUT2D eigenvalue weighted by atomic mass is 16.3. The molecule has 0 bridgehead atoms. The monoisotopic (exact) mass is 220 g/mol. The van der Waals surface area contributed by atoms with E-state index in [0.717, 1.165) is 6.42 Å². The van der Waals surface area contributed by atoms with E-state index in [-0.39, 0.29) is 11.7 Å². The lowest BCUT2D eigenvalue weighted by molar-refractivity contribution is -0.116. The highest BCUT2D eigenvalue weighted by Crippen LogP contribution is 2.19. The molecule has 0 aliphatic heterocycles. The molecule has 0 fully saturated rings. The third-order valence-electron chi connectivity index (χ3n) is 2.03. The molecule has 4 nitrogen and oxygen atoms in total. The Morgan fingerprint density at radius 3 is 3.00 bits per heavy atom. The molecule has 0 atom stereocenters. The zero-order valence-electron chi connectivity index (χ0n) is 9.23. The average molecular weight is 220 g/mol. The fraction of sp³-hybridized carbons (Fsp3) is 0.250. The van der Waals surface area contributed by atoms with Crippen LogP contribution in [-0.2, 0) is 4.79 Å². The fourth-order valence-electron chi connectivity index (χ4n) is 1.18. The number of hydrogen-bond donors (Lipinski definition) is 3. The highest BCUT2D eigenvalue weighted by Gasteiger charge is 1.98. The Bertz CT molecular complexity index is 400. The lowest BCUT2D eigenvalue weighted by Gasteiger charge is -2.01. The molecule has 1 aromatic rings. The van der Waals surface area contributed by atoms with Crippen molar-refractivity contribution in [2.75, 3.05) is 12.3 Å². The molecular formula is C12H16N2O2. The van der Waals surface area contributed by atoms with Crippen molar-refractivity contribution in [2.24, 2.45) is 0 Å². The van der Waals surface area contributed by atoms with Crippen molar-refractivity contribution in [2.45, 2.75) is 13.3 Å². The number of hydrogen-bond acceptors (Lipinski definition) is 3. The van der Waals surface area contributed by atoms with Gasteiger partial charge in [-0.05, 0) is 30.7 Å². The zero-order valence-corrected chi connectivity index (χ0v) is 9.23. The molecule has 0 saturated carbocycles.